The van der Waals surface area contributed by atoms with Crippen LogP contribution >= 0.6 is 0 Å². The van der Waals surface area contributed by atoms with Gasteiger partial charge in [0.25, 0.3) is 11.8 Å². The molecule has 0 radical (unpaired) electrons. The SMILES string of the molecule is O=C(OCc1nnc(-c2ccco2)o1)c1cccc(N2CCCC2=O)c1. The number of carbonyl (C=O) groups is 2. The molecule has 0 spiro atoms. The molecule has 1 aromatic carbocycles. The zero-order chi connectivity index (χ0) is 17.9. The molecular formula is C18H15N3O5. The van der Waals surface area contributed by atoms with Gasteiger partial charge in [-0.1, -0.05) is 6.07 Å². The minimum atomic E-state index is -0.531. The minimum Gasteiger partial charge on any atom is -0.459 e. The average Bonchev–Trinajstić information content (AvgIpc) is 3.40. The molecule has 0 unspecified atom stereocenters. The molecule has 0 N–H and O–H groups in total. The van der Waals surface area contributed by atoms with Gasteiger partial charge >= 0.3 is 5.97 Å². The van der Waals surface area contributed by atoms with Crippen molar-refractivity contribution in [1.29, 1.82) is 0 Å². The second-order valence-corrected chi connectivity index (χ2v) is 5.75. The molecule has 3 aromatic rings. The van der Waals surface area contributed by atoms with Gasteiger partial charge in [0.05, 0.1) is 11.8 Å². The molecule has 0 atom stereocenters. The third-order valence-electron chi connectivity index (χ3n) is 3.99. The summed E-state index contributed by atoms with van der Waals surface area (Å²) in [5.41, 5.74) is 1.05. The lowest BCUT2D eigenvalue weighted by atomic mass is 10.2. The van der Waals surface area contributed by atoms with Crippen molar-refractivity contribution in [2.75, 3.05) is 11.4 Å². The number of carbonyl (C=O) groups excluding carboxylic acids is 2. The maximum Gasteiger partial charge on any atom is 0.338 e. The van der Waals surface area contributed by atoms with Gasteiger partial charge in [0.15, 0.2) is 12.4 Å². The van der Waals surface area contributed by atoms with Gasteiger partial charge in [-0.05, 0) is 36.8 Å². The smallest absolute Gasteiger partial charge is 0.338 e. The van der Waals surface area contributed by atoms with Crippen LogP contribution in [0, 0.1) is 0 Å². The number of furan rings is 1. The van der Waals surface area contributed by atoms with Crippen LogP contribution in [0.2, 0.25) is 0 Å². The number of ether oxygens (including phenoxy) is 1. The van der Waals surface area contributed by atoms with Gasteiger partial charge in [0.1, 0.15) is 0 Å². The summed E-state index contributed by atoms with van der Waals surface area (Å²) in [7, 11) is 0. The summed E-state index contributed by atoms with van der Waals surface area (Å²) in [6, 6.07) is 10.2. The molecule has 1 aliphatic rings. The van der Waals surface area contributed by atoms with E-state index in [2.05, 4.69) is 10.2 Å². The number of nitrogens with zero attached hydrogens (tertiary/aromatic N) is 3. The van der Waals surface area contributed by atoms with Gasteiger partial charge in [-0.15, -0.1) is 10.2 Å². The highest BCUT2D eigenvalue weighted by atomic mass is 16.5. The summed E-state index contributed by atoms with van der Waals surface area (Å²) in [4.78, 5) is 25.8. The van der Waals surface area contributed by atoms with E-state index < -0.39 is 5.97 Å². The highest BCUT2D eigenvalue weighted by Crippen LogP contribution is 2.23. The number of anilines is 1. The standard InChI is InChI=1S/C18H15N3O5/c22-16-7-2-8-21(16)13-5-1-4-12(10-13)18(23)25-11-15-19-20-17(26-15)14-6-3-9-24-14/h1,3-6,9-10H,2,7-8,11H2. The van der Waals surface area contributed by atoms with Crippen LogP contribution in [0.15, 0.2) is 51.5 Å². The van der Waals surface area contributed by atoms with Crippen LogP contribution in [-0.2, 0) is 16.1 Å². The molecule has 132 valence electrons. The Morgan fingerprint density at radius 3 is 2.92 bits per heavy atom. The van der Waals surface area contributed by atoms with Crippen LogP contribution < -0.4 is 4.90 Å². The van der Waals surface area contributed by atoms with Gasteiger partial charge in [-0.2, -0.15) is 0 Å². The fraction of sp³-hybridized carbons (Fsp3) is 0.222. The summed E-state index contributed by atoms with van der Waals surface area (Å²) in [6.45, 7) is 0.508. The highest BCUT2D eigenvalue weighted by molar-refractivity contribution is 5.97. The minimum absolute atomic E-state index is 0.0619. The Labute approximate surface area is 148 Å². The van der Waals surface area contributed by atoms with Crippen LogP contribution in [0.1, 0.15) is 29.1 Å². The summed E-state index contributed by atoms with van der Waals surface area (Å²) in [5, 5.41) is 7.66. The van der Waals surface area contributed by atoms with E-state index in [1.807, 2.05) is 0 Å². The van der Waals surface area contributed by atoms with Crippen LogP contribution in [0.5, 0.6) is 0 Å². The largest absolute Gasteiger partial charge is 0.459 e. The van der Waals surface area contributed by atoms with Crippen LogP contribution in [0.4, 0.5) is 5.69 Å². The van der Waals surface area contributed by atoms with E-state index in [0.29, 0.717) is 30.0 Å². The van der Waals surface area contributed by atoms with Crippen molar-refractivity contribution in [3.05, 3.63) is 54.1 Å². The lowest BCUT2D eigenvalue weighted by Crippen LogP contribution is -2.23. The Kier molecular flexibility index (Phi) is 4.22. The van der Waals surface area contributed by atoms with E-state index in [0.717, 1.165) is 6.42 Å². The monoisotopic (exact) mass is 353 g/mol. The fourth-order valence-electron chi connectivity index (χ4n) is 2.74. The predicted molar refractivity (Wildman–Crippen MR) is 89.1 cm³/mol. The quantitative estimate of drug-likeness (QED) is 0.650. The maximum absolute atomic E-state index is 12.3. The van der Waals surface area contributed by atoms with Crippen molar-refractivity contribution in [1.82, 2.24) is 10.2 Å². The molecule has 8 heteroatoms. The van der Waals surface area contributed by atoms with E-state index >= 15 is 0 Å². The van der Waals surface area contributed by atoms with Gasteiger partial charge in [0.2, 0.25) is 5.91 Å². The first-order chi connectivity index (χ1) is 12.7. The average molecular weight is 353 g/mol. The Hall–Kier alpha value is -3.42. The number of hydrogen-bond acceptors (Lipinski definition) is 7. The molecule has 0 bridgehead atoms. The van der Waals surface area contributed by atoms with Crippen molar-refractivity contribution < 1.29 is 23.2 Å². The molecule has 2 aromatic heterocycles. The number of rotatable bonds is 5. The molecule has 1 fully saturated rings. The molecule has 0 aliphatic carbocycles. The third kappa shape index (κ3) is 3.21. The van der Waals surface area contributed by atoms with Gasteiger partial charge in [0, 0.05) is 18.7 Å². The van der Waals surface area contributed by atoms with Crippen molar-refractivity contribution in [2.24, 2.45) is 0 Å². The lowest BCUT2D eigenvalue weighted by molar-refractivity contribution is -0.117. The van der Waals surface area contributed by atoms with Crippen LogP contribution in [0.25, 0.3) is 11.7 Å². The summed E-state index contributed by atoms with van der Waals surface area (Å²) in [5.74, 6) is 0.354. The predicted octanol–water partition coefficient (Wildman–Crippen LogP) is 2.81. The van der Waals surface area contributed by atoms with Crippen LogP contribution in [-0.4, -0.2) is 28.6 Å². The number of amides is 1. The van der Waals surface area contributed by atoms with E-state index in [1.165, 1.54) is 6.26 Å². The molecule has 4 rings (SSSR count). The number of benzene rings is 1. The molecule has 1 amide bonds. The Bertz CT molecular complexity index is 932. The molecule has 26 heavy (non-hydrogen) atoms. The first-order valence-corrected chi connectivity index (χ1v) is 8.14. The Morgan fingerprint density at radius 2 is 2.15 bits per heavy atom. The maximum atomic E-state index is 12.3. The Balaban J connectivity index is 1.41. The highest BCUT2D eigenvalue weighted by Gasteiger charge is 2.22. The van der Waals surface area contributed by atoms with Crippen molar-refractivity contribution in [2.45, 2.75) is 19.4 Å². The summed E-state index contributed by atoms with van der Waals surface area (Å²) in [6.07, 6.45) is 2.85. The van der Waals surface area contributed by atoms with Crippen LogP contribution in [0.3, 0.4) is 0 Å². The number of esters is 1. The van der Waals surface area contributed by atoms with E-state index in [1.54, 1.807) is 41.3 Å². The van der Waals surface area contributed by atoms with E-state index in [4.69, 9.17) is 13.6 Å². The fourth-order valence-corrected chi connectivity index (χ4v) is 2.74. The second-order valence-electron chi connectivity index (χ2n) is 5.75. The zero-order valence-electron chi connectivity index (χ0n) is 13.8. The normalized spacial score (nSPS) is 14.0. The molecular weight excluding hydrogens is 338 g/mol. The van der Waals surface area contributed by atoms with Crippen molar-refractivity contribution in [3.8, 4) is 11.7 Å². The first kappa shape index (κ1) is 16.1. The Morgan fingerprint density at radius 1 is 1.23 bits per heavy atom. The topological polar surface area (TPSA) is 98.7 Å². The van der Waals surface area contributed by atoms with Gasteiger partial charge in [-0.3, -0.25) is 4.79 Å². The number of aromatic nitrogens is 2. The van der Waals surface area contributed by atoms with Crippen molar-refractivity contribution >= 4 is 17.6 Å². The first-order valence-electron chi connectivity index (χ1n) is 8.14. The molecule has 3 heterocycles. The summed E-state index contributed by atoms with van der Waals surface area (Å²) >= 11 is 0. The third-order valence-corrected chi connectivity index (χ3v) is 3.99. The molecule has 1 aliphatic heterocycles. The van der Waals surface area contributed by atoms with E-state index in [-0.39, 0.29) is 24.3 Å². The summed E-state index contributed by atoms with van der Waals surface area (Å²) < 4.78 is 15.8. The van der Waals surface area contributed by atoms with Gasteiger partial charge < -0.3 is 18.5 Å². The lowest BCUT2D eigenvalue weighted by Gasteiger charge is -2.16. The molecule has 0 saturated carbocycles. The molecule has 1 saturated heterocycles. The van der Waals surface area contributed by atoms with Gasteiger partial charge in [-0.25, -0.2) is 4.79 Å². The number of hydrogen-bond donors (Lipinski definition) is 0. The zero-order valence-corrected chi connectivity index (χ0v) is 13.8. The second kappa shape index (κ2) is 6.83. The van der Waals surface area contributed by atoms with E-state index in [9.17, 15) is 9.59 Å². The van der Waals surface area contributed by atoms with Crippen molar-refractivity contribution in [3.63, 3.8) is 0 Å². The molecule has 8 nitrogen and oxygen atoms in total.